The molecule has 0 bridgehead atoms. The summed E-state index contributed by atoms with van der Waals surface area (Å²) in [4.78, 5) is 35.4. The van der Waals surface area contributed by atoms with E-state index in [9.17, 15) is 22.8 Å². The molecule has 3 aromatic rings. The normalized spacial score (nSPS) is 12.3. The van der Waals surface area contributed by atoms with E-state index in [1.807, 2.05) is 24.3 Å². The third-order valence-corrected chi connectivity index (χ3v) is 6.66. The van der Waals surface area contributed by atoms with Crippen molar-refractivity contribution in [1.29, 1.82) is 0 Å². The minimum absolute atomic E-state index is 0.0497. The van der Waals surface area contributed by atoms with Crippen molar-refractivity contribution >= 4 is 38.4 Å². The Morgan fingerprint density at radius 2 is 1.59 bits per heavy atom. The van der Waals surface area contributed by atoms with Gasteiger partial charge < -0.3 is 10.8 Å². The lowest BCUT2D eigenvalue weighted by Crippen LogP contribution is -2.44. The molecule has 9 heteroatoms. The molecule has 8 nitrogen and oxygen atoms in total. The minimum atomic E-state index is -3.63. The Labute approximate surface area is 185 Å². The Kier molecular flexibility index (Phi) is 7.01. The van der Waals surface area contributed by atoms with Crippen molar-refractivity contribution in [3.63, 3.8) is 0 Å². The molecule has 0 fully saturated rings. The number of aryl methyl sites for hydroxylation is 1. The average Bonchev–Trinajstić information content (AvgIpc) is 2.77. The lowest BCUT2D eigenvalue weighted by atomic mass is 10.0. The van der Waals surface area contributed by atoms with Crippen LogP contribution in [-0.4, -0.2) is 43.1 Å². The van der Waals surface area contributed by atoms with Crippen molar-refractivity contribution in [3.8, 4) is 0 Å². The van der Waals surface area contributed by atoms with Crippen molar-refractivity contribution in [1.82, 2.24) is 5.32 Å². The number of imide groups is 1. The van der Waals surface area contributed by atoms with Gasteiger partial charge in [-0.15, -0.1) is 0 Å². The van der Waals surface area contributed by atoms with Crippen LogP contribution < -0.4 is 11.1 Å². The van der Waals surface area contributed by atoms with E-state index in [1.165, 1.54) is 6.07 Å². The van der Waals surface area contributed by atoms with E-state index in [2.05, 4.69) is 5.32 Å². The van der Waals surface area contributed by atoms with Gasteiger partial charge in [-0.3, -0.25) is 19.7 Å². The Balaban J connectivity index is 1.74. The van der Waals surface area contributed by atoms with Gasteiger partial charge in [-0.25, -0.2) is 8.42 Å². The fourth-order valence-electron chi connectivity index (χ4n) is 3.24. The van der Waals surface area contributed by atoms with Crippen LogP contribution in [-0.2, 0) is 25.8 Å². The molecule has 0 spiro atoms. The number of fused-ring (bicyclic) bond motifs is 1. The highest BCUT2D eigenvalue weighted by molar-refractivity contribution is 7.91. The zero-order valence-electron chi connectivity index (χ0n) is 17.0. The van der Waals surface area contributed by atoms with Gasteiger partial charge in [0, 0.05) is 5.56 Å². The quantitative estimate of drug-likeness (QED) is 0.472. The molecule has 0 aliphatic rings. The van der Waals surface area contributed by atoms with Crippen LogP contribution in [0.5, 0.6) is 0 Å². The first-order chi connectivity index (χ1) is 15.2. The maximum Gasteiger partial charge on any atom is 0.305 e. The Hall–Kier alpha value is -3.56. The topological polar surface area (TPSA) is 144 Å². The number of hydrogen-bond acceptors (Lipinski definition) is 6. The summed E-state index contributed by atoms with van der Waals surface area (Å²) >= 11 is 0. The number of carboxylic acid groups (broad SMARTS) is 1. The Morgan fingerprint density at radius 3 is 2.31 bits per heavy atom. The molecule has 0 radical (unpaired) electrons. The smallest absolute Gasteiger partial charge is 0.305 e. The number of rotatable bonds is 8. The number of aliphatic carboxylic acids is 1. The number of hydrogen-bond donors (Lipinski definition) is 3. The molecule has 0 aliphatic carbocycles. The molecule has 3 rings (SSSR count). The highest BCUT2D eigenvalue weighted by Gasteiger charge is 2.22. The molecule has 1 atom stereocenters. The predicted octanol–water partition coefficient (Wildman–Crippen LogP) is 1.91. The zero-order valence-corrected chi connectivity index (χ0v) is 17.8. The minimum Gasteiger partial charge on any atom is -0.481 e. The summed E-state index contributed by atoms with van der Waals surface area (Å²) in [7, 11) is -3.63. The number of benzene rings is 3. The van der Waals surface area contributed by atoms with Gasteiger partial charge >= 0.3 is 5.97 Å². The first-order valence-electron chi connectivity index (χ1n) is 9.79. The molecular formula is C23H22N2O6S. The summed E-state index contributed by atoms with van der Waals surface area (Å²) < 4.78 is 25.7. The van der Waals surface area contributed by atoms with Crippen LogP contribution in [0.25, 0.3) is 10.8 Å². The van der Waals surface area contributed by atoms with Gasteiger partial charge in [0.15, 0.2) is 9.84 Å². The second-order valence-electron chi connectivity index (χ2n) is 7.26. The van der Waals surface area contributed by atoms with E-state index in [4.69, 9.17) is 10.8 Å². The lowest BCUT2D eigenvalue weighted by Gasteiger charge is -2.12. The molecule has 0 aliphatic heterocycles. The lowest BCUT2D eigenvalue weighted by molar-refractivity contribution is -0.139. The van der Waals surface area contributed by atoms with E-state index in [0.717, 1.165) is 10.8 Å². The standard InChI is InChI=1S/C23H22N2O6S/c24-20(14-21(26)27)23(29)25-22(28)19-8-4-3-6-16(19)11-12-32(30,31)18-10-9-15-5-1-2-7-17(15)13-18/h1-10,13,20H,11-12,14,24H2,(H,26,27)(H,25,28,29)/t20-/m0/s1. The second kappa shape index (κ2) is 9.71. The first-order valence-corrected chi connectivity index (χ1v) is 11.4. The molecule has 2 amide bonds. The SMILES string of the molecule is N[C@@H](CC(=O)O)C(=O)NC(=O)c1ccccc1CCS(=O)(=O)c1ccc2ccccc2c1. The predicted molar refractivity (Wildman–Crippen MR) is 119 cm³/mol. The Morgan fingerprint density at radius 1 is 0.938 bits per heavy atom. The third kappa shape index (κ3) is 5.57. The average molecular weight is 455 g/mol. The third-order valence-electron chi connectivity index (χ3n) is 4.95. The maximum atomic E-state index is 12.9. The molecule has 0 heterocycles. The van der Waals surface area contributed by atoms with E-state index in [0.29, 0.717) is 5.56 Å². The van der Waals surface area contributed by atoms with Crippen molar-refractivity contribution in [2.75, 3.05) is 5.75 Å². The molecule has 0 saturated heterocycles. The molecule has 32 heavy (non-hydrogen) atoms. The van der Waals surface area contributed by atoms with Gasteiger partial charge in [-0.2, -0.15) is 0 Å². The summed E-state index contributed by atoms with van der Waals surface area (Å²) in [5, 5.41) is 12.5. The van der Waals surface area contributed by atoms with E-state index < -0.39 is 40.1 Å². The van der Waals surface area contributed by atoms with Crippen LogP contribution in [0.3, 0.4) is 0 Å². The van der Waals surface area contributed by atoms with Gasteiger partial charge in [0.05, 0.1) is 23.1 Å². The fourth-order valence-corrected chi connectivity index (χ4v) is 4.54. The zero-order chi connectivity index (χ0) is 23.3. The number of nitrogens with two attached hydrogens (primary N) is 1. The monoisotopic (exact) mass is 454 g/mol. The number of amides is 2. The molecule has 0 unspecified atom stereocenters. The van der Waals surface area contributed by atoms with Crippen molar-refractivity contribution in [2.45, 2.75) is 23.8 Å². The summed E-state index contributed by atoms with van der Waals surface area (Å²) in [5.74, 6) is -3.19. The molecular weight excluding hydrogens is 432 g/mol. The molecule has 4 N–H and O–H groups in total. The highest BCUT2D eigenvalue weighted by atomic mass is 32.2. The van der Waals surface area contributed by atoms with Crippen LogP contribution >= 0.6 is 0 Å². The second-order valence-corrected chi connectivity index (χ2v) is 9.37. The van der Waals surface area contributed by atoms with Crippen LogP contribution in [0.1, 0.15) is 22.3 Å². The van der Waals surface area contributed by atoms with Gasteiger partial charge in [0.2, 0.25) is 5.91 Å². The number of carboxylic acids is 1. The van der Waals surface area contributed by atoms with Crippen LogP contribution in [0.2, 0.25) is 0 Å². The van der Waals surface area contributed by atoms with Crippen molar-refractivity contribution < 1.29 is 27.9 Å². The largest absolute Gasteiger partial charge is 0.481 e. The number of sulfone groups is 1. The van der Waals surface area contributed by atoms with Gasteiger partial charge in [-0.1, -0.05) is 48.5 Å². The van der Waals surface area contributed by atoms with E-state index in [1.54, 1.807) is 36.4 Å². The molecule has 166 valence electrons. The number of carbonyl (C=O) groups is 3. The summed E-state index contributed by atoms with van der Waals surface area (Å²) in [6.07, 6.45) is -0.571. The summed E-state index contributed by atoms with van der Waals surface area (Å²) in [6, 6.07) is 17.3. The van der Waals surface area contributed by atoms with E-state index >= 15 is 0 Å². The first kappa shape index (κ1) is 23.1. The molecule has 3 aromatic carbocycles. The van der Waals surface area contributed by atoms with Crippen LogP contribution in [0.4, 0.5) is 0 Å². The van der Waals surface area contributed by atoms with Gasteiger partial charge in [-0.05, 0) is 41.0 Å². The van der Waals surface area contributed by atoms with Crippen LogP contribution in [0.15, 0.2) is 71.6 Å². The molecule has 0 saturated carbocycles. The Bertz CT molecular complexity index is 1290. The van der Waals surface area contributed by atoms with Crippen molar-refractivity contribution in [3.05, 3.63) is 77.9 Å². The summed E-state index contributed by atoms with van der Waals surface area (Å²) in [5.41, 5.74) is 6.04. The van der Waals surface area contributed by atoms with Gasteiger partial charge in [0.25, 0.3) is 5.91 Å². The number of nitrogens with one attached hydrogen (secondary N) is 1. The van der Waals surface area contributed by atoms with Gasteiger partial charge in [0.1, 0.15) is 0 Å². The summed E-state index contributed by atoms with van der Waals surface area (Å²) in [6.45, 7) is 0. The van der Waals surface area contributed by atoms with E-state index in [-0.39, 0.29) is 22.6 Å². The highest BCUT2D eigenvalue weighted by Crippen LogP contribution is 2.21. The molecule has 0 aromatic heterocycles. The number of carbonyl (C=O) groups excluding carboxylic acids is 2. The maximum absolute atomic E-state index is 12.9. The fraction of sp³-hybridized carbons (Fsp3) is 0.174. The van der Waals surface area contributed by atoms with Crippen LogP contribution in [0, 0.1) is 0 Å². The van der Waals surface area contributed by atoms with Crippen molar-refractivity contribution in [2.24, 2.45) is 5.73 Å².